The van der Waals surface area contributed by atoms with E-state index in [9.17, 15) is 0 Å². The van der Waals surface area contributed by atoms with Gasteiger partial charge in [0.25, 0.3) is 0 Å². The van der Waals surface area contributed by atoms with Crippen LogP contribution in [0.4, 0.5) is 0 Å². The van der Waals surface area contributed by atoms with Crippen LogP contribution in [0.5, 0.6) is 0 Å². The Bertz CT molecular complexity index is 536. The van der Waals surface area contributed by atoms with Crippen molar-refractivity contribution in [1.82, 2.24) is 25.4 Å². The molecule has 0 amide bonds. The molecule has 0 atom stereocenters. The number of nitrogens with one attached hydrogen (secondary N) is 2. The second-order valence-corrected chi connectivity index (χ2v) is 7.06. The van der Waals surface area contributed by atoms with Gasteiger partial charge in [-0.05, 0) is 38.5 Å². The smallest absolute Gasteiger partial charge is 0.191 e. The molecule has 2 heterocycles. The molecule has 0 spiro atoms. The second-order valence-electron chi connectivity index (χ2n) is 7.06. The molecule has 142 valence electrons. The maximum absolute atomic E-state index is 4.70. The molecule has 6 nitrogen and oxygen atoms in total. The van der Waals surface area contributed by atoms with Gasteiger partial charge in [0, 0.05) is 26.1 Å². The average Bonchev–Trinajstić information content (AvgIpc) is 3.26. The fourth-order valence-electron chi connectivity index (χ4n) is 3.87. The molecule has 3 rings (SSSR count). The number of aryl methyl sites for hydroxylation is 1. The summed E-state index contributed by atoms with van der Waals surface area (Å²) in [6.45, 7) is 5.63. The van der Waals surface area contributed by atoms with Crippen molar-refractivity contribution < 1.29 is 0 Å². The molecule has 1 aliphatic heterocycles. The van der Waals surface area contributed by atoms with Crippen molar-refractivity contribution in [3.05, 3.63) is 11.6 Å². The molecule has 25 heavy (non-hydrogen) atoms. The van der Waals surface area contributed by atoms with Crippen molar-refractivity contribution in [2.45, 2.75) is 77.8 Å². The lowest BCUT2D eigenvalue weighted by Crippen LogP contribution is -2.38. The Hall–Kier alpha value is -0.860. The number of rotatable bonds is 7. The molecule has 7 heteroatoms. The van der Waals surface area contributed by atoms with E-state index in [0.29, 0.717) is 6.54 Å². The van der Waals surface area contributed by atoms with Gasteiger partial charge in [0.15, 0.2) is 11.8 Å². The molecule has 0 radical (unpaired) electrons. The van der Waals surface area contributed by atoms with Crippen LogP contribution in [0.25, 0.3) is 0 Å². The van der Waals surface area contributed by atoms with Gasteiger partial charge in [-0.15, -0.1) is 34.2 Å². The van der Waals surface area contributed by atoms with Crippen LogP contribution in [0.2, 0.25) is 0 Å². The Morgan fingerprint density at radius 1 is 1.16 bits per heavy atom. The lowest BCUT2D eigenvalue weighted by atomic mass is 10.0. The first-order valence-corrected chi connectivity index (χ1v) is 9.80. The maximum atomic E-state index is 4.70. The van der Waals surface area contributed by atoms with Gasteiger partial charge >= 0.3 is 0 Å². The summed E-state index contributed by atoms with van der Waals surface area (Å²) in [5, 5.41) is 15.4. The molecule has 1 aromatic heterocycles. The summed E-state index contributed by atoms with van der Waals surface area (Å²) in [6, 6.07) is 0. The van der Waals surface area contributed by atoms with Crippen LogP contribution >= 0.6 is 24.0 Å². The van der Waals surface area contributed by atoms with E-state index in [1.807, 2.05) is 0 Å². The van der Waals surface area contributed by atoms with Crippen molar-refractivity contribution >= 4 is 29.9 Å². The predicted molar refractivity (Wildman–Crippen MR) is 112 cm³/mol. The third-order valence-corrected chi connectivity index (χ3v) is 5.22. The van der Waals surface area contributed by atoms with Crippen LogP contribution in [0.1, 0.15) is 69.9 Å². The van der Waals surface area contributed by atoms with Gasteiger partial charge < -0.3 is 15.2 Å². The lowest BCUT2D eigenvalue weighted by molar-refractivity contribution is 0.481. The molecule has 0 saturated heterocycles. The number of halogens is 1. The highest BCUT2D eigenvalue weighted by atomic mass is 127. The molecular weight excluding hydrogens is 427 g/mol. The highest BCUT2D eigenvalue weighted by Crippen LogP contribution is 2.28. The Morgan fingerprint density at radius 3 is 2.80 bits per heavy atom. The molecular formula is C18H33IN6. The quantitative estimate of drug-likeness (QED) is 0.284. The summed E-state index contributed by atoms with van der Waals surface area (Å²) in [7, 11) is 0. The van der Waals surface area contributed by atoms with Crippen LogP contribution in [0.3, 0.4) is 0 Å². The molecule has 0 aromatic carbocycles. The van der Waals surface area contributed by atoms with E-state index in [0.717, 1.165) is 49.6 Å². The molecule has 0 bridgehead atoms. The molecule has 1 aliphatic carbocycles. The summed E-state index contributed by atoms with van der Waals surface area (Å²) in [5.74, 6) is 3.99. The molecule has 1 saturated carbocycles. The van der Waals surface area contributed by atoms with Crippen molar-refractivity contribution in [2.24, 2.45) is 10.9 Å². The van der Waals surface area contributed by atoms with Gasteiger partial charge in [-0.3, -0.25) is 0 Å². The van der Waals surface area contributed by atoms with E-state index in [-0.39, 0.29) is 24.0 Å². The molecule has 2 N–H and O–H groups in total. The van der Waals surface area contributed by atoms with Gasteiger partial charge in [-0.1, -0.05) is 25.7 Å². The number of hydrogen-bond acceptors (Lipinski definition) is 3. The number of aromatic nitrogens is 3. The lowest BCUT2D eigenvalue weighted by Gasteiger charge is -2.15. The first-order valence-electron chi connectivity index (χ1n) is 9.80. The molecule has 2 aliphatic rings. The summed E-state index contributed by atoms with van der Waals surface area (Å²) >= 11 is 0. The number of aliphatic imine (C=N–C) groups is 1. The van der Waals surface area contributed by atoms with Crippen molar-refractivity contribution in [3.8, 4) is 0 Å². The molecule has 1 aromatic rings. The van der Waals surface area contributed by atoms with Gasteiger partial charge in [-0.2, -0.15) is 0 Å². The minimum Gasteiger partial charge on any atom is -0.357 e. The standard InChI is InChI=1S/C18H32N6.HI/c1-2-19-18(20-12-7-10-15-8-3-4-9-15)21-14-17-23-22-16-11-5-6-13-24(16)17;/h15H,2-14H2,1H3,(H2,19,20,21);1H. The van der Waals surface area contributed by atoms with Gasteiger partial charge in [0.05, 0.1) is 0 Å². The zero-order chi connectivity index (χ0) is 16.6. The largest absolute Gasteiger partial charge is 0.357 e. The van der Waals surface area contributed by atoms with Gasteiger partial charge in [0.2, 0.25) is 0 Å². The Kier molecular flexibility index (Phi) is 8.98. The monoisotopic (exact) mass is 460 g/mol. The number of guanidine groups is 1. The average molecular weight is 460 g/mol. The Labute approximate surface area is 168 Å². The van der Waals surface area contributed by atoms with E-state index >= 15 is 0 Å². The first-order chi connectivity index (χ1) is 11.9. The van der Waals surface area contributed by atoms with Crippen molar-refractivity contribution in [2.75, 3.05) is 13.1 Å². The SMILES string of the molecule is CCNC(=NCc1nnc2n1CCCC2)NCCCC1CCCC1.I. The van der Waals surface area contributed by atoms with Crippen LogP contribution in [-0.4, -0.2) is 33.8 Å². The molecule has 1 fully saturated rings. The van der Waals surface area contributed by atoms with Gasteiger partial charge in [-0.25, -0.2) is 4.99 Å². The minimum atomic E-state index is 0. The van der Waals surface area contributed by atoms with Crippen LogP contribution in [0.15, 0.2) is 4.99 Å². The van der Waals surface area contributed by atoms with Crippen molar-refractivity contribution in [1.29, 1.82) is 0 Å². The van der Waals surface area contributed by atoms with Crippen LogP contribution in [0, 0.1) is 5.92 Å². The summed E-state index contributed by atoms with van der Waals surface area (Å²) < 4.78 is 2.25. The normalized spacial score (nSPS) is 17.9. The number of fused-ring (bicyclic) bond motifs is 1. The number of hydrogen-bond donors (Lipinski definition) is 2. The zero-order valence-electron chi connectivity index (χ0n) is 15.5. The maximum Gasteiger partial charge on any atom is 0.191 e. The van der Waals surface area contributed by atoms with E-state index < -0.39 is 0 Å². The minimum absolute atomic E-state index is 0. The van der Waals surface area contributed by atoms with Crippen LogP contribution in [-0.2, 0) is 19.5 Å². The first kappa shape index (κ1) is 20.5. The number of nitrogens with zero attached hydrogens (tertiary/aromatic N) is 4. The van der Waals surface area contributed by atoms with E-state index in [4.69, 9.17) is 4.99 Å². The summed E-state index contributed by atoms with van der Waals surface area (Å²) in [4.78, 5) is 4.70. The topological polar surface area (TPSA) is 67.1 Å². The third kappa shape index (κ3) is 6.11. The van der Waals surface area contributed by atoms with Gasteiger partial charge in [0.1, 0.15) is 12.4 Å². The fraction of sp³-hybridized carbons (Fsp3) is 0.833. The summed E-state index contributed by atoms with van der Waals surface area (Å²) in [6.07, 6.45) is 11.8. The van der Waals surface area contributed by atoms with E-state index in [1.165, 1.54) is 51.4 Å². The van der Waals surface area contributed by atoms with Crippen LogP contribution < -0.4 is 10.6 Å². The Balaban J connectivity index is 0.00000225. The third-order valence-electron chi connectivity index (χ3n) is 5.22. The Morgan fingerprint density at radius 2 is 2.00 bits per heavy atom. The predicted octanol–water partition coefficient (Wildman–Crippen LogP) is 3.26. The second kappa shape index (κ2) is 11.0. The van der Waals surface area contributed by atoms with E-state index in [1.54, 1.807) is 0 Å². The molecule has 0 unspecified atom stereocenters. The fourth-order valence-corrected chi connectivity index (χ4v) is 3.87. The zero-order valence-corrected chi connectivity index (χ0v) is 17.8. The van der Waals surface area contributed by atoms with Crippen molar-refractivity contribution in [3.63, 3.8) is 0 Å². The highest BCUT2D eigenvalue weighted by Gasteiger charge is 2.16. The summed E-state index contributed by atoms with van der Waals surface area (Å²) in [5.41, 5.74) is 0. The highest BCUT2D eigenvalue weighted by molar-refractivity contribution is 14.0. The van der Waals surface area contributed by atoms with E-state index in [2.05, 4.69) is 32.3 Å².